The van der Waals surface area contributed by atoms with Crippen molar-refractivity contribution in [1.82, 2.24) is 14.9 Å². The number of nitrogens with zero attached hydrogens (tertiary/aromatic N) is 3. The van der Waals surface area contributed by atoms with Crippen LogP contribution in [0.15, 0.2) is 24.3 Å². The second-order valence-electron chi connectivity index (χ2n) is 6.25. The van der Waals surface area contributed by atoms with Gasteiger partial charge in [0.05, 0.1) is 18.2 Å². The molecule has 0 radical (unpaired) electrons. The van der Waals surface area contributed by atoms with Crippen LogP contribution in [0.2, 0.25) is 0 Å². The van der Waals surface area contributed by atoms with Crippen molar-refractivity contribution in [3.05, 3.63) is 35.8 Å². The lowest BCUT2D eigenvalue weighted by Crippen LogP contribution is -2.46. The van der Waals surface area contributed by atoms with Gasteiger partial charge in [0, 0.05) is 17.1 Å². The summed E-state index contributed by atoms with van der Waals surface area (Å²) in [5.41, 5.74) is 2.04. The zero-order valence-corrected chi connectivity index (χ0v) is 13.5. The maximum atomic E-state index is 10.3. The lowest BCUT2D eigenvalue weighted by molar-refractivity contribution is 0.0182. The molecule has 2 aromatic rings. The van der Waals surface area contributed by atoms with E-state index in [-0.39, 0.29) is 12.1 Å². The van der Waals surface area contributed by atoms with E-state index >= 15 is 0 Å². The van der Waals surface area contributed by atoms with Crippen molar-refractivity contribution in [2.75, 3.05) is 6.54 Å². The number of hydrogen-bond acceptors (Lipinski definition) is 4. The molecule has 3 rings (SSSR count). The van der Waals surface area contributed by atoms with Gasteiger partial charge in [-0.1, -0.05) is 31.5 Å². The third kappa shape index (κ3) is 3.13. The smallest absolute Gasteiger partial charge is 0.143 e. The van der Waals surface area contributed by atoms with Crippen molar-refractivity contribution in [2.24, 2.45) is 0 Å². The summed E-state index contributed by atoms with van der Waals surface area (Å²) in [6, 6.07) is 8.40. The van der Waals surface area contributed by atoms with Crippen LogP contribution in [0.4, 0.5) is 0 Å². The Morgan fingerprint density at radius 3 is 2.91 bits per heavy atom. The number of hydrogen-bond donors (Lipinski definition) is 1. The zero-order valence-electron chi connectivity index (χ0n) is 13.5. The molecule has 4 heteroatoms. The van der Waals surface area contributed by atoms with Gasteiger partial charge in [-0.15, -0.1) is 0 Å². The van der Waals surface area contributed by atoms with Crippen LogP contribution in [0.25, 0.3) is 10.9 Å². The Kier molecular flexibility index (Phi) is 4.69. The maximum Gasteiger partial charge on any atom is 0.143 e. The van der Waals surface area contributed by atoms with Gasteiger partial charge < -0.3 is 5.11 Å². The number of fused-ring (bicyclic) bond motifs is 1. The molecule has 2 heterocycles. The van der Waals surface area contributed by atoms with Gasteiger partial charge in [-0.3, -0.25) is 4.90 Å². The predicted octanol–water partition coefficient (Wildman–Crippen LogP) is 3.06. The van der Waals surface area contributed by atoms with Crippen LogP contribution in [0.1, 0.15) is 44.1 Å². The maximum absolute atomic E-state index is 10.3. The summed E-state index contributed by atoms with van der Waals surface area (Å²) in [4.78, 5) is 11.8. The molecule has 0 aliphatic carbocycles. The van der Waals surface area contributed by atoms with E-state index in [4.69, 9.17) is 4.98 Å². The number of likely N-dealkylation sites (tertiary alicyclic amines) is 1. The molecular formula is C18H25N3O. The minimum atomic E-state index is -0.248. The number of para-hydroxylation sites is 1. The molecule has 4 nitrogen and oxygen atoms in total. The molecule has 0 spiro atoms. The van der Waals surface area contributed by atoms with Gasteiger partial charge >= 0.3 is 0 Å². The number of rotatable bonds is 4. The van der Waals surface area contributed by atoms with Crippen molar-refractivity contribution < 1.29 is 5.11 Å². The fraction of sp³-hybridized carbons (Fsp3) is 0.556. The first-order valence-corrected chi connectivity index (χ1v) is 8.33. The van der Waals surface area contributed by atoms with E-state index < -0.39 is 0 Å². The summed E-state index contributed by atoms with van der Waals surface area (Å²) < 4.78 is 0. The van der Waals surface area contributed by atoms with E-state index in [1.165, 1.54) is 12.8 Å². The molecule has 2 unspecified atom stereocenters. The highest BCUT2D eigenvalue weighted by Gasteiger charge is 2.28. The van der Waals surface area contributed by atoms with Gasteiger partial charge in [0.25, 0.3) is 0 Å². The minimum Gasteiger partial charge on any atom is -0.392 e. The van der Waals surface area contributed by atoms with Crippen LogP contribution in [-0.4, -0.2) is 38.7 Å². The van der Waals surface area contributed by atoms with E-state index in [1.807, 2.05) is 32.0 Å². The molecule has 0 bridgehead atoms. The van der Waals surface area contributed by atoms with Gasteiger partial charge in [-0.25, -0.2) is 9.97 Å². The summed E-state index contributed by atoms with van der Waals surface area (Å²) in [6.07, 6.45) is 4.03. The van der Waals surface area contributed by atoms with Crippen LogP contribution in [0, 0.1) is 6.92 Å². The molecule has 1 fully saturated rings. The average Bonchev–Trinajstić information content (AvgIpc) is 2.55. The Hall–Kier alpha value is -1.52. The molecule has 1 aromatic carbocycles. The number of benzene rings is 1. The van der Waals surface area contributed by atoms with E-state index in [0.717, 1.165) is 48.4 Å². The molecular weight excluding hydrogens is 274 g/mol. The fourth-order valence-corrected chi connectivity index (χ4v) is 3.47. The van der Waals surface area contributed by atoms with E-state index in [2.05, 4.69) is 16.0 Å². The Bertz CT molecular complexity index is 643. The molecule has 1 N–H and O–H groups in total. The van der Waals surface area contributed by atoms with Crippen molar-refractivity contribution >= 4 is 10.9 Å². The molecule has 118 valence electrons. The second-order valence-corrected chi connectivity index (χ2v) is 6.25. The van der Waals surface area contributed by atoms with Gasteiger partial charge in [-0.05, 0) is 38.8 Å². The standard InChI is InChI=1S/C18H25N3O/c1-3-17(22)16-10-6-7-11-21(16)12-18-19-13(2)14-8-4-5-9-15(14)20-18/h4-5,8-9,16-17,22H,3,6-7,10-12H2,1-2H3. The second kappa shape index (κ2) is 6.71. The molecule has 1 saturated heterocycles. The van der Waals surface area contributed by atoms with Gasteiger partial charge in [0.15, 0.2) is 0 Å². The number of piperidine rings is 1. The molecule has 2 atom stereocenters. The fourth-order valence-electron chi connectivity index (χ4n) is 3.47. The minimum absolute atomic E-state index is 0.245. The van der Waals surface area contributed by atoms with Gasteiger partial charge in [0.1, 0.15) is 5.82 Å². The highest BCUT2D eigenvalue weighted by molar-refractivity contribution is 5.80. The number of aromatic nitrogens is 2. The monoisotopic (exact) mass is 299 g/mol. The summed E-state index contributed by atoms with van der Waals surface area (Å²) in [5, 5.41) is 11.4. The van der Waals surface area contributed by atoms with Crippen molar-refractivity contribution in [1.29, 1.82) is 0 Å². The van der Waals surface area contributed by atoms with Crippen LogP contribution >= 0.6 is 0 Å². The normalized spacial score (nSPS) is 21.1. The van der Waals surface area contributed by atoms with Crippen molar-refractivity contribution in [3.8, 4) is 0 Å². The van der Waals surface area contributed by atoms with E-state index in [1.54, 1.807) is 0 Å². The van der Waals surface area contributed by atoms with Gasteiger partial charge in [0.2, 0.25) is 0 Å². The van der Waals surface area contributed by atoms with E-state index in [9.17, 15) is 5.11 Å². The Morgan fingerprint density at radius 2 is 2.09 bits per heavy atom. The van der Waals surface area contributed by atoms with E-state index in [0.29, 0.717) is 0 Å². The Balaban J connectivity index is 1.85. The van der Waals surface area contributed by atoms with Crippen LogP contribution in [0.3, 0.4) is 0 Å². The highest BCUT2D eigenvalue weighted by atomic mass is 16.3. The first-order chi connectivity index (χ1) is 10.7. The number of aryl methyl sites for hydroxylation is 1. The van der Waals surface area contributed by atoms with Crippen molar-refractivity contribution in [2.45, 2.75) is 58.2 Å². The molecule has 1 aromatic heterocycles. The predicted molar refractivity (Wildman–Crippen MR) is 88.6 cm³/mol. The van der Waals surface area contributed by atoms with Crippen LogP contribution in [-0.2, 0) is 6.54 Å². The highest BCUT2D eigenvalue weighted by Crippen LogP contribution is 2.23. The van der Waals surface area contributed by atoms with Gasteiger partial charge in [-0.2, -0.15) is 0 Å². The zero-order chi connectivity index (χ0) is 15.5. The first-order valence-electron chi connectivity index (χ1n) is 8.33. The summed E-state index contributed by atoms with van der Waals surface area (Å²) in [5.74, 6) is 0.867. The topological polar surface area (TPSA) is 49.2 Å². The molecule has 1 aliphatic heterocycles. The SMILES string of the molecule is CCC(O)C1CCCCN1Cc1nc(C)c2ccccc2n1. The third-order valence-electron chi connectivity index (χ3n) is 4.71. The Morgan fingerprint density at radius 1 is 1.27 bits per heavy atom. The molecule has 0 saturated carbocycles. The Labute approximate surface area is 132 Å². The average molecular weight is 299 g/mol. The summed E-state index contributed by atoms with van der Waals surface area (Å²) in [6.45, 7) is 5.85. The molecule has 0 amide bonds. The summed E-state index contributed by atoms with van der Waals surface area (Å²) >= 11 is 0. The van der Waals surface area contributed by atoms with Crippen LogP contribution in [0.5, 0.6) is 0 Å². The van der Waals surface area contributed by atoms with Crippen LogP contribution < -0.4 is 0 Å². The molecule has 1 aliphatic rings. The lowest BCUT2D eigenvalue weighted by Gasteiger charge is -2.37. The first kappa shape index (κ1) is 15.4. The third-order valence-corrected chi connectivity index (χ3v) is 4.71. The molecule has 22 heavy (non-hydrogen) atoms. The largest absolute Gasteiger partial charge is 0.392 e. The van der Waals surface area contributed by atoms with Crippen molar-refractivity contribution in [3.63, 3.8) is 0 Å². The quantitative estimate of drug-likeness (QED) is 0.942. The lowest BCUT2D eigenvalue weighted by atomic mass is 9.96. The number of aliphatic hydroxyl groups excluding tert-OH is 1. The number of aliphatic hydroxyl groups is 1. The summed E-state index contributed by atoms with van der Waals surface area (Å²) in [7, 11) is 0.